The predicted octanol–water partition coefficient (Wildman–Crippen LogP) is 2.55. The monoisotopic (exact) mass is 294 g/mol. The summed E-state index contributed by atoms with van der Waals surface area (Å²) in [6.45, 7) is 8.07. The van der Waals surface area contributed by atoms with Crippen molar-refractivity contribution in [2.24, 2.45) is 5.41 Å². The van der Waals surface area contributed by atoms with Gasteiger partial charge in [-0.05, 0) is 44.4 Å². The number of amides is 1. The van der Waals surface area contributed by atoms with E-state index in [2.05, 4.69) is 10.2 Å². The minimum Gasteiger partial charge on any atom is -0.338 e. The molecule has 3 nitrogen and oxygen atoms in total. The molecule has 2 aliphatic rings. The van der Waals surface area contributed by atoms with Gasteiger partial charge < -0.3 is 10.2 Å². The molecule has 0 aliphatic carbocycles. The molecule has 2 heterocycles. The summed E-state index contributed by atoms with van der Waals surface area (Å²) < 4.78 is 0. The van der Waals surface area contributed by atoms with Crippen LogP contribution in [0.25, 0.3) is 0 Å². The van der Waals surface area contributed by atoms with Crippen LogP contribution in [-0.4, -0.2) is 37.0 Å². The van der Waals surface area contributed by atoms with Crippen molar-refractivity contribution < 1.29 is 4.79 Å². The molecule has 1 aromatic carbocycles. The third kappa shape index (κ3) is 2.57. The molecule has 110 valence electrons. The van der Waals surface area contributed by atoms with E-state index >= 15 is 0 Å². The van der Waals surface area contributed by atoms with Gasteiger partial charge in [0.25, 0.3) is 5.91 Å². The molecule has 20 heavy (non-hydrogen) atoms. The third-order valence-electron chi connectivity index (χ3n) is 4.75. The molecule has 1 N–H and O–H groups in total. The molecule has 0 saturated carbocycles. The highest BCUT2D eigenvalue weighted by Gasteiger charge is 2.42. The first-order valence-corrected chi connectivity index (χ1v) is 7.18. The van der Waals surface area contributed by atoms with E-state index in [1.807, 2.05) is 32.0 Å². The molecule has 0 bridgehead atoms. The first-order valence-electron chi connectivity index (χ1n) is 7.18. The Kier molecular flexibility index (Phi) is 4.40. The molecule has 4 heteroatoms. The second-order valence-electron chi connectivity index (χ2n) is 6.17. The van der Waals surface area contributed by atoms with Gasteiger partial charge in [0.2, 0.25) is 0 Å². The number of carbonyl (C=O) groups is 1. The minimum atomic E-state index is 0. The first kappa shape index (κ1) is 15.3. The molecule has 2 aliphatic heterocycles. The lowest BCUT2D eigenvalue weighted by molar-refractivity contribution is 0.0774. The van der Waals surface area contributed by atoms with Crippen molar-refractivity contribution in [1.82, 2.24) is 10.2 Å². The molecule has 2 fully saturated rings. The highest BCUT2D eigenvalue weighted by Crippen LogP contribution is 2.36. The van der Waals surface area contributed by atoms with E-state index in [4.69, 9.17) is 0 Å². The molecule has 0 aromatic heterocycles. The zero-order valence-corrected chi connectivity index (χ0v) is 13.1. The van der Waals surface area contributed by atoms with E-state index in [9.17, 15) is 4.79 Å². The van der Waals surface area contributed by atoms with Crippen LogP contribution in [0.5, 0.6) is 0 Å². The minimum absolute atomic E-state index is 0. The summed E-state index contributed by atoms with van der Waals surface area (Å²) in [5, 5.41) is 3.44. The van der Waals surface area contributed by atoms with E-state index in [0.717, 1.165) is 49.3 Å². The van der Waals surface area contributed by atoms with Gasteiger partial charge in [-0.3, -0.25) is 4.79 Å². The first-order chi connectivity index (χ1) is 9.11. The van der Waals surface area contributed by atoms with Gasteiger partial charge in [0.1, 0.15) is 0 Å². The lowest BCUT2D eigenvalue weighted by Gasteiger charge is -2.23. The van der Waals surface area contributed by atoms with Crippen LogP contribution in [0.3, 0.4) is 0 Å². The zero-order valence-electron chi connectivity index (χ0n) is 12.2. The maximum absolute atomic E-state index is 12.7. The Morgan fingerprint density at radius 2 is 1.95 bits per heavy atom. The van der Waals surface area contributed by atoms with Gasteiger partial charge >= 0.3 is 0 Å². The molecule has 1 spiro atoms. The smallest absolute Gasteiger partial charge is 0.254 e. The Balaban J connectivity index is 0.00000147. The van der Waals surface area contributed by atoms with Gasteiger partial charge in [-0.1, -0.05) is 18.2 Å². The molecular weight excluding hydrogens is 272 g/mol. The van der Waals surface area contributed by atoms with Crippen LogP contribution in [0.2, 0.25) is 0 Å². The molecule has 1 unspecified atom stereocenters. The Morgan fingerprint density at radius 1 is 1.25 bits per heavy atom. The summed E-state index contributed by atoms with van der Waals surface area (Å²) in [5.41, 5.74) is 3.45. The van der Waals surface area contributed by atoms with E-state index in [1.165, 1.54) is 6.42 Å². The summed E-state index contributed by atoms with van der Waals surface area (Å²) in [7, 11) is 0. The molecule has 1 aromatic rings. The average Bonchev–Trinajstić information content (AvgIpc) is 3.00. The number of hydrogen-bond acceptors (Lipinski definition) is 2. The normalized spacial score (nSPS) is 25.0. The second-order valence-corrected chi connectivity index (χ2v) is 6.17. The number of nitrogens with zero attached hydrogens (tertiary/aromatic N) is 1. The Hall–Kier alpha value is -1.06. The molecular formula is C16H23ClN2O. The van der Waals surface area contributed by atoms with Crippen molar-refractivity contribution in [3.8, 4) is 0 Å². The SMILES string of the molecule is Cc1cccc(C)c1C(=O)N1CCC2(CCNC2)C1.Cl. The molecule has 3 rings (SSSR count). The number of halogens is 1. The second kappa shape index (κ2) is 5.74. The standard InChI is InChI=1S/C16H22N2O.ClH/c1-12-4-3-5-13(2)14(12)15(19)18-9-7-16(11-18)6-8-17-10-16;/h3-5,17H,6-11H2,1-2H3;1H. The van der Waals surface area contributed by atoms with E-state index in [1.54, 1.807) is 0 Å². The van der Waals surface area contributed by atoms with E-state index < -0.39 is 0 Å². The van der Waals surface area contributed by atoms with E-state index in [-0.39, 0.29) is 18.3 Å². The van der Waals surface area contributed by atoms with Crippen LogP contribution < -0.4 is 5.32 Å². The number of hydrogen-bond donors (Lipinski definition) is 1. The number of nitrogens with one attached hydrogen (secondary N) is 1. The van der Waals surface area contributed by atoms with Crippen molar-refractivity contribution in [2.75, 3.05) is 26.2 Å². The van der Waals surface area contributed by atoms with Crippen LogP contribution in [0, 0.1) is 19.3 Å². The van der Waals surface area contributed by atoms with Crippen LogP contribution >= 0.6 is 12.4 Å². The number of likely N-dealkylation sites (tertiary alicyclic amines) is 1. The quantitative estimate of drug-likeness (QED) is 0.863. The molecule has 0 radical (unpaired) electrons. The van der Waals surface area contributed by atoms with Crippen LogP contribution in [-0.2, 0) is 0 Å². The summed E-state index contributed by atoms with van der Waals surface area (Å²) >= 11 is 0. The maximum Gasteiger partial charge on any atom is 0.254 e. The van der Waals surface area contributed by atoms with Crippen molar-refractivity contribution in [3.63, 3.8) is 0 Å². The molecule has 2 saturated heterocycles. The summed E-state index contributed by atoms with van der Waals surface area (Å²) in [6.07, 6.45) is 2.36. The molecule has 1 atom stereocenters. The Bertz CT molecular complexity index is 489. The van der Waals surface area contributed by atoms with Crippen molar-refractivity contribution in [3.05, 3.63) is 34.9 Å². The third-order valence-corrected chi connectivity index (χ3v) is 4.75. The Morgan fingerprint density at radius 3 is 2.55 bits per heavy atom. The topological polar surface area (TPSA) is 32.3 Å². The van der Waals surface area contributed by atoms with E-state index in [0.29, 0.717) is 5.41 Å². The van der Waals surface area contributed by atoms with Gasteiger partial charge in [-0.25, -0.2) is 0 Å². The van der Waals surface area contributed by atoms with Crippen molar-refractivity contribution in [1.29, 1.82) is 0 Å². The number of carbonyl (C=O) groups excluding carboxylic acids is 1. The fourth-order valence-electron chi connectivity index (χ4n) is 3.56. The number of aryl methyl sites for hydroxylation is 2. The summed E-state index contributed by atoms with van der Waals surface area (Å²) in [4.78, 5) is 14.8. The summed E-state index contributed by atoms with van der Waals surface area (Å²) in [6, 6.07) is 6.08. The van der Waals surface area contributed by atoms with Crippen LogP contribution in [0.15, 0.2) is 18.2 Å². The predicted molar refractivity (Wildman–Crippen MR) is 83.6 cm³/mol. The van der Waals surface area contributed by atoms with Crippen molar-refractivity contribution >= 4 is 18.3 Å². The fraction of sp³-hybridized carbons (Fsp3) is 0.562. The highest BCUT2D eigenvalue weighted by molar-refractivity contribution is 5.97. The molecule has 1 amide bonds. The van der Waals surface area contributed by atoms with Gasteiger partial charge in [0.05, 0.1) is 0 Å². The average molecular weight is 295 g/mol. The van der Waals surface area contributed by atoms with Crippen molar-refractivity contribution in [2.45, 2.75) is 26.7 Å². The van der Waals surface area contributed by atoms with Crippen LogP contribution in [0.4, 0.5) is 0 Å². The number of rotatable bonds is 1. The highest BCUT2D eigenvalue weighted by atomic mass is 35.5. The number of benzene rings is 1. The largest absolute Gasteiger partial charge is 0.338 e. The van der Waals surface area contributed by atoms with Gasteiger partial charge in [-0.15, -0.1) is 12.4 Å². The van der Waals surface area contributed by atoms with Crippen LogP contribution in [0.1, 0.15) is 34.3 Å². The van der Waals surface area contributed by atoms with Gasteiger partial charge in [0, 0.05) is 30.6 Å². The Labute approximate surface area is 127 Å². The maximum atomic E-state index is 12.7. The zero-order chi connectivity index (χ0) is 13.5. The lowest BCUT2D eigenvalue weighted by atomic mass is 9.86. The lowest BCUT2D eigenvalue weighted by Crippen LogP contribution is -2.34. The van der Waals surface area contributed by atoms with Gasteiger partial charge in [0.15, 0.2) is 0 Å². The summed E-state index contributed by atoms with van der Waals surface area (Å²) in [5.74, 6) is 0.222. The fourth-order valence-corrected chi connectivity index (χ4v) is 3.56. The van der Waals surface area contributed by atoms with Gasteiger partial charge in [-0.2, -0.15) is 0 Å².